The topological polar surface area (TPSA) is 88.8 Å². The van der Waals surface area contributed by atoms with E-state index in [1.165, 1.54) is 11.9 Å². The van der Waals surface area contributed by atoms with Crippen LogP contribution in [0.3, 0.4) is 0 Å². The summed E-state index contributed by atoms with van der Waals surface area (Å²) in [6, 6.07) is 3.80. The maximum absolute atomic E-state index is 13.9. The van der Waals surface area contributed by atoms with E-state index in [-0.39, 0.29) is 34.5 Å². The molecule has 1 aliphatic heterocycles. The molecule has 0 radical (unpaired) electrons. The van der Waals surface area contributed by atoms with Gasteiger partial charge in [0.1, 0.15) is 22.9 Å². The van der Waals surface area contributed by atoms with Crippen molar-refractivity contribution in [3.63, 3.8) is 0 Å². The second-order valence-corrected chi connectivity index (χ2v) is 13.7. The van der Waals surface area contributed by atoms with Crippen molar-refractivity contribution in [2.45, 2.75) is 99.5 Å². The lowest BCUT2D eigenvalue weighted by molar-refractivity contribution is -0.131. The molecule has 0 saturated carbocycles. The maximum Gasteiger partial charge on any atom is 0.261 e. The third-order valence-electron chi connectivity index (χ3n) is 9.61. The Morgan fingerprint density at radius 2 is 1.88 bits per heavy atom. The molecule has 7 nitrogen and oxygen atoms in total. The Labute approximate surface area is 254 Å². The van der Waals surface area contributed by atoms with Crippen LogP contribution in [0.25, 0.3) is 11.0 Å². The fourth-order valence-electron chi connectivity index (χ4n) is 6.64. The quantitative estimate of drug-likeness (QED) is 0.299. The van der Waals surface area contributed by atoms with Crippen LogP contribution in [0.2, 0.25) is 0 Å². The summed E-state index contributed by atoms with van der Waals surface area (Å²) in [4.78, 5) is 41.9. The van der Waals surface area contributed by atoms with Gasteiger partial charge in [0, 0.05) is 72.7 Å². The van der Waals surface area contributed by atoms with E-state index >= 15 is 0 Å². The molecule has 0 spiro atoms. The van der Waals surface area contributed by atoms with Gasteiger partial charge in [0.2, 0.25) is 5.91 Å². The number of hydrogen-bond donors (Lipinski definition) is 1. The number of benzene rings is 1. The Bertz CT molecular complexity index is 1480. The number of likely N-dealkylation sites (N-methyl/N-ethyl adjacent to an activating group) is 1. The van der Waals surface area contributed by atoms with E-state index < -0.39 is 5.92 Å². The normalized spacial score (nSPS) is 20.2. The first kappa shape index (κ1) is 31.9. The number of nitrogens with one attached hydrogen (secondary N) is 1. The second kappa shape index (κ2) is 11.9. The Morgan fingerprint density at radius 3 is 2.50 bits per heavy atom. The van der Waals surface area contributed by atoms with Gasteiger partial charge in [-0.2, -0.15) is 0 Å². The van der Waals surface area contributed by atoms with E-state index in [1.54, 1.807) is 6.08 Å². The van der Waals surface area contributed by atoms with E-state index in [0.717, 1.165) is 35.1 Å². The number of allylic oxidation sites excluding steroid dienone is 2. The van der Waals surface area contributed by atoms with E-state index in [4.69, 9.17) is 9.15 Å². The molecule has 2 aliphatic rings. The molecule has 0 unspecified atom stereocenters. The maximum atomic E-state index is 13.9. The van der Waals surface area contributed by atoms with Gasteiger partial charge in [-0.25, -0.2) is 0 Å². The molecule has 42 heavy (non-hydrogen) atoms. The average molecular weight is 595 g/mol. The molecule has 1 aromatic heterocycles. The lowest BCUT2D eigenvalue weighted by atomic mass is 9.72. The largest absolute Gasteiger partial charge is 0.465 e. The van der Waals surface area contributed by atoms with Gasteiger partial charge in [-0.1, -0.05) is 53.5 Å². The minimum Gasteiger partial charge on any atom is -0.465 e. The molecule has 1 aliphatic carbocycles. The SMILES string of the molecule is CCC(C)(CC)[C@@H]1CC(OC2=C([C@@H](C)c3cc(C(=O)NSC)c(C)c4cc(C)oc34)C(=O)CC(C)(C)C2)=CC(=O)N1C. The van der Waals surface area contributed by atoms with Crippen LogP contribution in [0.5, 0.6) is 0 Å². The molecule has 2 heterocycles. The van der Waals surface area contributed by atoms with Crippen LogP contribution in [0, 0.1) is 24.7 Å². The summed E-state index contributed by atoms with van der Waals surface area (Å²) < 4.78 is 15.7. The number of furan rings is 1. The van der Waals surface area contributed by atoms with Gasteiger partial charge in [0.05, 0.1) is 0 Å². The van der Waals surface area contributed by atoms with Crippen molar-refractivity contribution >= 4 is 40.5 Å². The van der Waals surface area contributed by atoms with Crippen LogP contribution < -0.4 is 4.72 Å². The van der Waals surface area contributed by atoms with Gasteiger partial charge in [-0.05, 0) is 55.2 Å². The lowest BCUT2D eigenvalue weighted by Crippen LogP contribution is -2.49. The monoisotopic (exact) mass is 594 g/mol. The number of ketones is 1. The van der Waals surface area contributed by atoms with Gasteiger partial charge in [-0.15, -0.1) is 0 Å². The standard InChI is InChI=1S/C34H46N2O5S/c1-11-34(8,12-2)28-14-22(15-29(38)36(28)9)41-27-18-33(6,7)17-26(37)30(27)21(5)24-16-25(32(39)35-42-10)20(4)23-13-19(3)40-31(23)24/h13,15-16,21,28H,11-12,14,17-18H2,1-10H3,(H,35,39)/t21-,28-/m0/s1. The first-order valence-electron chi connectivity index (χ1n) is 14.9. The van der Waals surface area contributed by atoms with Gasteiger partial charge >= 0.3 is 0 Å². The summed E-state index contributed by atoms with van der Waals surface area (Å²) in [7, 11) is 1.86. The zero-order chi connectivity index (χ0) is 31.1. The molecular weight excluding hydrogens is 548 g/mol. The van der Waals surface area contributed by atoms with E-state index in [0.29, 0.717) is 47.5 Å². The number of Topliss-reactive ketones (excluding diaryl/α,β-unsaturated/α-hetero) is 1. The Balaban J connectivity index is 1.85. The Morgan fingerprint density at radius 1 is 1.21 bits per heavy atom. The number of aryl methyl sites for hydroxylation is 2. The molecule has 4 rings (SSSR count). The fourth-order valence-corrected chi connectivity index (χ4v) is 6.93. The molecular formula is C34H46N2O5S. The number of nitrogens with zero attached hydrogens (tertiary/aromatic N) is 1. The molecule has 0 bridgehead atoms. The highest BCUT2D eigenvalue weighted by atomic mass is 32.2. The van der Waals surface area contributed by atoms with Crippen molar-refractivity contribution in [3.8, 4) is 0 Å². The number of amides is 2. The van der Waals surface area contributed by atoms with Gasteiger partial charge in [0.15, 0.2) is 5.78 Å². The van der Waals surface area contributed by atoms with Crippen LogP contribution in [-0.4, -0.2) is 41.8 Å². The van der Waals surface area contributed by atoms with Gasteiger partial charge in [-0.3, -0.25) is 19.1 Å². The molecule has 2 atom stereocenters. The van der Waals surface area contributed by atoms with Crippen molar-refractivity contribution in [2.75, 3.05) is 13.3 Å². The van der Waals surface area contributed by atoms with Crippen LogP contribution in [0.1, 0.15) is 107 Å². The third kappa shape index (κ3) is 5.92. The molecule has 1 N–H and O–H groups in total. The van der Waals surface area contributed by atoms with E-state index in [1.807, 2.05) is 51.1 Å². The zero-order valence-corrected chi connectivity index (χ0v) is 27.6. The average Bonchev–Trinajstić information content (AvgIpc) is 3.31. The number of carbonyl (C=O) groups excluding carboxylic acids is 3. The highest BCUT2D eigenvalue weighted by Crippen LogP contribution is 2.46. The predicted octanol–water partition coefficient (Wildman–Crippen LogP) is 7.76. The molecule has 0 fully saturated rings. The summed E-state index contributed by atoms with van der Waals surface area (Å²) in [5.74, 6) is 1.30. The summed E-state index contributed by atoms with van der Waals surface area (Å²) in [5.41, 5.74) is 3.07. The fraction of sp³-hybridized carbons (Fsp3) is 0.559. The molecule has 0 saturated heterocycles. The Kier molecular flexibility index (Phi) is 9.08. The molecule has 2 aromatic rings. The number of rotatable bonds is 9. The van der Waals surface area contributed by atoms with Crippen LogP contribution in [-0.2, 0) is 14.3 Å². The molecule has 2 amide bonds. The van der Waals surface area contributed by atoms with Crippen molar-refractivity contribution in [1.82, 2.24) is 9.62 Å². The van der Waals surface area contributed by atoms with Crippen LogP contribution in [0.4, 0.5) is 0 Å². The van der Waals surface area contributed by atoms with Crippen molar-refractivity contribution < 1.29 is 23.5 Å². The lowest BCUT2D eigenvalue weighted by Gasteiger charge is -2.44. The highest BCUT2D eigenvalue weighted by molar-refractivity contribution is 7.97. The molecule has 228 valence electrons. The molecule has 8 heteroatoms. The first-order valence-corrected chi connectivity index (χ1v) is 16.2. The number of hydrogen-bond acceptors (Lipinski definition) is 6. The van der Waals surface area contributed by atoms with Crippen molar-refractivity contribution in [3.05, 3.63) is 57.8 Å². The minimum atomic E-state index is -0.395. The van der Waals surface area contributed by atoms with Gasteiger partial charge < -0.3 is 14.1 Å². The van der Waals surface area contributed by atoms with Crippen LogP contribution >= 0.6 is 11.9 Å². The number of carbonyl (C=O) groups is 3. The summed E-state index contributed by atoms with van der Waals surface area (Å²) in [6.45, 7) is 16.5. The summed E-state index contributed by atoms with van der Waals surface area (Å²) in [6.07, 6.45) is 6.81. The Hall–Kier alpha value is -3.00. The second-order valence-electron chi connectivity index (χ2n) is 13.1. The number of ether oxygens (including phenoxy) is 1. The third-order valence-corrected chi connectivity index (χ3v) is 10.0. The summed E-state index contributed by atoms with van der Waals surface area (Å²) in [5, 5.41) is 0.861. The van der Waals surface area contributed by atoms with Gasteiger partial charge in [0.25, 0.3) is 5.91 Å². The smallest absolute Gasteiger partial charge is 0.261 e. The zero-order valence-electron chi connectivity index (χ0n) is 26.8. The van der Waals surface area contributed by atoms with Crippen molar-refractivity contribution in [1.29, 1.82) is 0 Å². The van der Waals surface area contributed by atoms with Crippen LogP contribution in [0.15, 0.2) is 39.7 Å². The van der Waals surface area contributed by atoms with E-state index in [2.05, 4.69) is 39.3 Å². The predicted molar refractivity (Wildman–Crippen MR) is 169 cm³/mol. The van der Waals surface area contributed by atoms with E-state index in [9.17, 15) is 14.4 Å². The number of fused-ring (bicyclic) bond motifs is 1. The molecule has 1 aromatic carbocycles. The first-order chi connectivity index (χ1) is 19.7. The summed E-state index contributed by atoms with van der Waals surface area (Å²) >= 11 is 1.25. The highest BCUT2D eigenvalue weighted by Gasteiger charge is 2.42. The minimum absolute atomic E-state index is 0.00546. The van der Waals surface area contributed by atoms with Crippen molar-refractivity contribution in [2.24, 2.45) is 10.8 Å².